The van der Waals surface area contributed by atoms with Crippen molar-refractivity contribution in [1.29, 1.82) is 5.26 Å². The van der Waals surface area contributed by atoms with Gasteiger partial charge in [-0.3, -0.25) is 4.79 Å². The van der Waals surface area contributed by atoms with Gasteiger partial charge in [0, 0.05) is 5.54 Å². The number of amides is 1. The van der Waals surface area contributed by atoms with Crippen LogP contribution in [0.2, 0.25) is 0 Å². The molecule has 8 heteroatoms. The fourth-order valence-corrected chi connectivity index (χ4v) is 2.68. The van der Waals surface area contributed by atoms with Gasteiger partial charge >= 0.3 is 0 Å². The standard InChI is InChI=1S/C13H16FN3O3S/c1-13(2,3)17-12(18)8-16-21(19,20)11-6-4-5-10(14)9(11)7-15/h4-6,16H,8H2,1-3H3,(H,17,18). The summed E-state index contributed by atoms with van der Waals surface area (Å²) in [6.07, 6.45) is 0. The molecule has 2 N–H and O–H groups in total. The summed E-state index contributed by atoms with van der Waals surface area (Å²) in [7, 11) is -4.15. The Labute approximate surface area is 123 Å². The zero-order valence-electron chi connectivity index (χ0n) is 11.9. The van der Waals surface area contributed by atoms with Crippen molar-refractivity contribution in [2.45, 2.75) is 31.2 Å². The minimum absolute atomic E-state index is 0.492. The first-order valence-electron chi connectivity index (χ1n) is 6.06. The molecule has 1 aromatic rings. The SMILES string of the molecule is CC(C)(C)NC(=O)CNS(=O)(=O)c1cccc(F)c1C#N. The van der Waals surface area contributed by atoms with Crippen molar-refractivity contribution in [3.8, 4) is 6.07 Å². The lowest BCUT2D eigenvalue weighted by atomic mass is 10.1. The maximum atomic E-state index is 13.4. The monoisotopic (exact) mass is 313 g/mol. The number of halogens is 1. The Morgan fingerprint density at radius 1 is 1.38 bits per heavy atom. The van der Waals surface area contributed by atoms with E-state index in [2.05, 4.69) is 5.32 Å². The number of hydrogen-bond acceptors (Lipinski definition) is 4. The number of nitriles is 1. The minimum atomic E-state index is -4.15. The highest BCUT2D eigenvalue weighted by Crippen LogP contribution is 2.17. The first-order valence-corrected chi connectivity index (χ1v) is 7.54. The van der Waals surface area contributed by atoms with E-state index in [0.717, 1.165) is 12.1 Å². The summed E-state index contributed by atoms with van der Waals surface area (Å²) in [6.45, 7) is 4.75. The van der Waals surface area contributed by atoms with Gasteiger partial charge in [-0.05, 0) is 32.9 Å². The smallest absolute Gasteiger partial charge is 0.242 e. The van der Waals surface area contributed by atoms with Crippen molar-refractivity contribution in [1.82, 2.24) is 10.0 Å². The molecule has 0 atom stereocenters. The summed E-state index contributed by atoms with van der Waals surface area (Å²) >= 11 is 0. The summed E-state index contributed by atoms with van der Waals surface area (Å²) in [5.41, 5.74) is -1.08. The van der Waals surface area contributed by atoms with Crippen LogP contribution in [0.1, 0.15) is 26.3 Å². The van der Waals surface area contributed by atoms with Crippen LogP contribution in [-0.2, 0) is 14.8 Å². The van der Waals surface area contributed by atoms with Crippen molar-refractivity contribution in [2.75, 3.05) is 6.54 Å². The van der Waals surface area contributed by atoms with E-state index in [1.807, 2.05) is 4.72 Å². The van der Waals surface area contributed by atoms with Gasteiger partial charge in [0.25, 0.3) is 0 Å². The Kier molecular flexibility index (Phi) is 5.04. The molecule has 0 radical (unpaired) electrons. The second-order valence-electron chi connectivity index (χ2n) is 5.35. The Bertz CT molecular complexity index is 688. The fraction of sp³-hybridized carbons (Fsp3) is 0.385. The molecule has 1 aromatic carbocycles. The Balaban J connectivity index is 2.92. The summed E-state index contributed by atoms with van der Waals surface area (Å²) in [5.74, 6) is -1.46. The highest BCUT2D eigenvalue weighted by molar-refractivity contribution is 7.89. The van der Waals surface area contributed by atoms with Gasteiger partial charge in [-0.15, -0.1) is 0 Å². The van der Waals surface area contributed by atoms with Crippen molar-refractivity contribution in [3.63, 3.8) is 0 Å². The van der Waals surface area contributed by atoms with E-state index in [-0.39, 0.29) is 0 Å². The van der Waals surface area contributed by atoms with Crippen LogP contribution in [0.15, 0.2) is 23.1 Å². The Morgan fingerprint density at radius 3 is 2.52 bits per heavy atom. The fourth-order valence-electron chi connectivity index (χ4n) is 1.54. The first kappa shape index (κ1) is 17.1. The van der Waals surface area contributed by atoms with Crippen LogP contribution in [-0.4, -0.2) is 26.4 Å². The zero-order chi connectivity index (χ0) is 16.3. The number of carbonyl (C=O) groups excluding carboxylic acids is 1. The molecule has 6 nitrogen and oxygen atoms in total. The van der Waals surface area contributed by atoms with E-state index < -0.39 is 44.3 Å². The average molecular weight is 313 g/mol. The predicted octanol–water partition coefficient (Wildman–Crippen LogP) is 0.890. The average Bonchev–Trinajstić information content (AvgIpc) is 2.34. The molecule has 114 valence electrons. The van der Waals surface area contributed by atoms with Gasteiger partial charge in [0.2, 0.25) is 15.9 Å². The lowest BCUT2D eigenvalue weighted by Gasteiger charge is -2.20. The number of nitrogens with zero attached hydrogens (tertiary/aromatic N) is 1. The summed E-state index contributed by atoms with van der Waals surface area (Å²) < 4.78 is 39.5. The number of carbonyl (C=O) groups is 1. The van der Waals surface area contributed by atoms with Crippen LogP contribution in [0.3, 0.4) is 0 Å². The van der Waals surface area contributed by atoms with Gasteiger partial charge < -0.3 is 5.32 Å². The van der Waals surface area contributed by atoms with E-state index in [4.69, 9.17) is 5.26 Å². The molecule has 0 saturated carbocycles. The molecule has 0 aliphatic heterocycles. The van der Waals surface area contributed by atoms with Crippen LogP contribution in [0.25, 0.3) is 0 Å². The summed E-state index contributed by atoms with van der Waals surface area (Å²) in [4.78, 5) is 11.1. The molecule has 0 bridgehead atoms. The molecule has 1 amide bonds. The predicted molar refractivity (Wildman–Crippen MR) is 74.2 cm³/mol. The largest absolute Gasteiger partial charge is 0.350 e. The van der Waals surface area contributed by atoms with Crippen molar-refractivity contribution in [3.05, 3.63) is 29.6 Å². The third-order valence-electron chi connectivity index (χ3n) is 2.31. The van der Waals surface area contributed by atoms with Crippen LogP contribution < -0.4 is 10.0 Å². The van der Waals surface area contributed by atoms with E-state index in [9.17, 15) is 17.6 Å². The lowest BCUT2D eigenvalue weighted by molar-refractivity contribution is -0.121. The number of hydrogen-bond donors (Lipinski definition) is 2. The normalized spacial score (nSPS) is 11.8. The van der Waals surface area contributed by atoms with Crippen LogP contribution in [0, 0.1) is 17.1 Å². The highest BCUT2D eigenvalue weighted by Gasteiger charge is 2.22. The number of nitrogens with one attached hydrogen (secondary N) is 2. The van der Waals surface area contributed by atoms with E-state index >= 15 is 0 Å². The number of sulfonamides is 1. The molecule has 0 heterocycles. The topological polar surface area (TPSA) is 99.1 Å². The summed E-state index contributed by atoms with van der Waals surface area (Å²) in [6, 6.07) is 4.77. The van der Waals surface area contributed by atoms with Crippen molar-refractivity contribution >= 4 is 15.9 Å². The Hall–Kier alpha value is -1.98. The van der Waals surface area contributed by atoms with Gasteiger partial charge in [0.1, 0.15) is 22.3 Å². The molecule has 0 aliphatic carbocycles. The zero-order valence-corrected chi connectivity index (χ0v) is 12.7. The number of benzene rings is 1. The molecule has 0 aliphatic rings. The van der Waals surface area contributed by atoms with Crippen molar-refractivity contribution < 1.29 is 17.6 Å². The first-order chi connectivity index (χ1) is 9.57. The quantitative estimate of drug-likeness (QED) is 0.862. The molecule has 0 spiro atoms. The molecule has 0 unspecified atom stereocenters. The van der Waals surface area contributed by atoms with Gasteiger partial charge in [-0.25, -0.2) is 17.5 Å². The minimum Gasteiger partial charge on any atom is -0.350 e. The van der Waals surface area contributed by atoms with Crippen molar-refractivity contribution in [2.24, 2.45) is 0 Å². The Morgan fingerprint density at radius 2 is 2.00 bits per heavy atom. The molecule has 21 heavy (non-hydrogen) atoms. The van der Waals surface area contributed by atoms with Gasteiger partial charge in [-0.1, -0.05) is 6.07 Å². The van der Waals surface area contributed by atoms with Gasteiger partial charge in [0.05, 0.1) is 6.54 Å². The lowest BCUT2D eigenvalue weighted by Crippen LogP contribution is -2.45. The van der Waals surface area contributed by atoms with Crippen LogP contribution in [0.5, 0.6) is 0 Å². The van der Waals surface area contributed by atoms with Gasteiger partial charge in [-0.2, -0.15) is 5.26 Å². The second kappa shape index (κ2) is 6.20. The molecule has 0 aromatic heterocycles. The molecular weight excluding hydrogens is 297 g/mol. The van der Waals surface area contributed by atoms with Gasteiger partial charge in [0.15, 0.2) is 0 Å². The maximum absolute atomic E-state index is 13.4. The second-order valence-corrected chi connectivity index (χ2v) is 7.08. The third-order valence-corrected chi connectivity index (χ3v) is 3.76. The van der Waals surface area contributed by atoms with E-state index in [1.165, 1.54) is 12.1 Å². The maximum Gasteiger partial charge on any atom is 0.242 e. The molecule has 1 rings (SSSR count). The van der Waals surface area contributed by atoms with E-state index in [0.29, 0.717) is 0 Å². The number of rotatable bonds is 4. The summed E-state index contributed by atoms with van der Waals surface area (Å²) in [5, 5.41) is 11.4. The molecular formula is C13H16FN3O3S. The molecule has 0 fully saturated rings. The molecule has 0 saturated heterocycles. The van der Waals surface area contributed by atoms with Crippen LogP contribution >= 0.6 is 0 Å². The van der Waals surface area contributed by atoms with E-state index in [1.54, 1.807) is 20.8 Å². The van der Waals surface area contributed by atoms with Crippen LogP contribution in [0.4, 0.5) is 4.39 Å². The highest BCUT2D eigenvalue weighted by atomic mass is 32.2. The third kappa shape index (κ3) is 4.81.